The molecule has 1 aromatic heterocycles. The Hall–Kier alpha value is -1.99. The SMILES string of the molecule is CC(C)(C)[Si](C)(C)ON1C(=O)N2C[C@H]1CC[C@H]2C(=N)NC(=O)c1csc(C(F)(F)F)n1. The van der Waals surface area contributed by atoms with Gasteiger partial charge in [-0.1, -0.05) is 20.8 Å². The monoisotopic (exact) mass is 477 g/mol. The number of amides is 3. The fraction of sp³-hybridized carbons (Fsp3) is 0.667. The predicted molar refractivity (Wildman–Crippen MR) is 111 cm³/mol. The number of carbonyl (C=O) groups is 2. The van der Waals surface area contributed by atoms with Crippen molar-refractivity contribution in [2.45, 2.75) is 70.0 Å². The highest BCUT2D eigenvalue weighted by atomic mass is 32.1. The minimum absolute atomic E-state index is 0.0950. The van der Waals surface area contributed by atoms with Crippen LogP contribution in [0.4, 0.5) is 18.0 Å². The number of nitrogens with zero attached hydrogens (tertiary/aromatic N) is 3. The lowest BCUT2D eigenvalue weighted by molar-refractivity contribution is -0.137. The van der Waals surface area contributed by atoms with E-state index in [4.69, 9.17) is 9.94 Å². The van der Waals surface area contributed by atoms with Crippen LogP contribution in [-0.4, -0.2) is 59.7 Å². The van der Waals surface area contributed by atoms with E-state index in [-0.39, 0.29) is 22.9 Å². The maximum absolute atomic E-state index is 13.0. The maximum atomic E-state index is 13.0. The minimum atomic E-state index is -4.63. The summed E-state index contributed by atoms with van der Waals surface area (Å²) < 4.78 is 44.3. The van der Waals surface area contributed by atoms with E-state index >= 15 is 0 Å². The molecule has 31 heavy (non-hydrogen) atoms. The Morgan fingerprint density at radius 1 is 1.32 bits per heavy atom. The van der Waals surface area contributed by atoms with Gasteiger partial charge < -0.3 is 14.7 Å². The van der Waals surface area contributed by atoms with Crippen molar-refractivity contribution >= 4 is 37.4 Å². The molecule has 2 aliphatic rings. The highest BCUT2D eigenvalue weighted by Gasteiger charge is 2.50. The summed E-state index contributed by atoms with van der Waals surface area (Å²) in [5.41, 5.74) is -0.411. The first-order valence-electron chi connectivity index (χ1n) is 9.83. The summed E-state index contributed by atoms with van der Waals surface area (Å²) in [5.74, 6) is -1.15. The Bertz CT molecular complexity index is 899. The van der Waals surface area contributed by atoms with Gasteiger partial charge in [-0.05, 0) is 31.0 Å². The number of amidine groups is 1. The second kappa shape index (κ2) is 7.85. The molecule has 13 heteroatoms. The second-order valence-electron chi connectivity index (χ2n) is 9.26. The van der Waals surface area contributed by atoms with E-state index < -0.39 is 37.1 Å². The number of piperidine rings is 1. The van der Waals surface area contributed by atoms with E-state index in [1.54, 1.807) is 0 Å². The van der Waals surface area contributed by atoms with E-state index in [1.165, 1.54) is 9.96 Å². The minimum Gasteiger partial charge on any atom is -0.315 e. The van der Waals surface area contributed by atoms with Crippen LogP contribution in [0.2, 0.25) is 18.1 Å². The molecule has 0 aromatic carbocycles. The Labute approximate surface area is 183 Å². The molecule has 0 radical (unpaired) electrons. The summed E-state index contributed by atoms with van der Waals surface area (Å²) in [6.45, 7) is 10.7. The molecular weight excluding hydrogens is 451 g/mol. The van der Waals surface area contributed by atoms with Crippen molar-refractivity contribution in [3.8, 4) is 0 Å². The van der Waals surface area contributed by atoms with Crippen molar-refractivity contribution in [1.29, 1.82) is 5.41 Å². The molecule has 2 aliphatic heterocycles. The number of urea groups is 1. The molecule has 3 heterocycles. The number of rotatable bonds is 4. The van der Waals surface area contributed by atoms with Gasteiger partial charge in [0, 0.05) is 11.9 Å². The molecule has 3 rings (SSSR count). The number of aromatic nitrogens is 1. The van der Waals surface area contributed by atoms with E-state index in [0.29, 0.717) is 30.7 Å². The molecule has 3 amide bonds. The first-order valence-corrected chi connectivity index (χ1v) is 13.6. The average Bonchev–Trinajstić information content (AvgIpc) is 3.21. The van der Waals surface area contributed by atoms with Gasteiger partial charge >= 0.3 is 12.2 Å². The van der Waals surface area contributed by atoms with Crippen molar-refractivity contribution in [3.63, 3.8) is 0 Å². The van der Waals surface area contributed by atoms with Gasteiger partial charge in [-0.25, -0.2) is 14.8 Å². The molecule has 2 N–H and O–H groups in total. The number of carbonyl (C=O) groups excluding carboxylic acids is 2. The molecule has 2 bridgehead atoms. The van der Waals surface area contributed by atoms with Crippen LogP contribution >= 0.6 is 11.3 Å². The standard InChI is InChI=1S/C18H26F3N5O3SSi/c1-17(2,3)31(4,5)29-26-10-6-7-12(25(8-10)16(26)28)13(22)24-14(27)11-9-30-15(23-11)18(19,20)21/h9-10,12H,6-8H2,1-5H3,(H2,22,24,27)/t10-,12+/m1/s1. The van der Waals surface area contributed by atoms with Crippen LogP contribution in [0.3, 0.4) is 0 Å². The number of hydrogen-bond acceptors (Lipinski definition) is 6. The molecular formula is C18H26F3N5O3SSi. The number of thiazole rings is 1. The Morgan fingerprint density at radius 2 is 1.97 bits per heavy atom. The van der Waals surface area contributed by atoms with Gasteiger partial charge in [-0.2, -0.15) is 13.2 Å². The van der Waals surface area contributed by atoms with Crippen molar-refractivity contribution < 1.29 is 27.3 Å². The summed E-state index contributed by atoms with van der Waals surface area (Å²) >= 11 is 0.316. The third kappa shape index (κ3) is 4.62. The highest BCUT2D eigenvalue weighted by molar-refractivity contribution is 7.10. The van der Waals surface area contributed by atoms with Crippen LogP contribution in [0.1, 0.15) is 49.1 Å². The number of fused-ring (bicyclic) bond motifs is 2. The highest BCUT2D eigenvalue weighted by Crippen LogP contribution is 2.40. The lowest BCUT2D eigenvalue weighted by atomic mass is 10.00. The third-order valence-electron chi connectivity index (χ3n) is 6.02. The number of nitrogens with one attached hydrogen (secondary N) is 2. The van der Waals surface area contributed by atoms with Gasteiger partial charge in [0.25, 0.3) is 5.91 Å². The number of alkyl halides is 3. The summed E-state index contributed by atoms with van der Waals surface area (Å²) in [6, 6.07) is -1.17. The Kier molecular flexibility index (Phi) is 5.99. The fourth-order valence-electron chi connectivity index (χ4n) is 3.21. The zero-order chi connectivity index (χ0) is 23.4. The molecule has 2 saturated heterocycles. The van der Waals surface area contributed by atoms with Gasteiger partial charge in [0.15, 0.2) is 5.01 Å². The summed E-state index contributed by atoms with van der Waals surface area (Å²) in [4.78, 5) is 30.0. The van der Waals surface area contributed by atoms with Crippen molar-refractivity contribution in [1.82, 2.24) is 20.3 Å². The van der Waals surface area contributed by atoms with E-state index in [9.17, 15) is 22.8 Å². The van der Waals surface area contributed by atoms with Crippen LogP contribution in [0.25, 0.3) is 0 Å². The normalized spacial score (nSPS) is 22.1. The Balaban J connectivity index is 1.67. The van der Waals surface area contributed by atoms with E-state index in [0.717, 1.165) is 5.38 Å². The molecule has 0 unspecified atom stereocenters. The quantitative estimate of drug-likeness (QED) is 0.388. The molecule has 8 nitrogen and oxygen atoms in total. The van der Waals surface area contributed by atoms with E-state index in [1.807, 2.05) is 13.1 Å². The first kappa shape index (κ1) is 23.7. The fourth-order valence-corrected chi connectivity index (χ4v) is 4.87. The average molecular weight is 478 g/mol. The molecule has 0 saturated carbocycles. The summed E-state index contributed by atoms with van der Waals surface area (Å²) in [7, 11) is -2.25. The van der Waals surface area contributed by atoms with Gasteiger partial charge in [0.2, 0.25) is 8.32 Å². The maximum Gasteiger partial charge on any atom is 0.443 e. The van der Waals surface area contributed by atoms with Crippen LogP contribution in [0, 0.1) is 5.41 Å². The van der Waals surface area contributed by atoms with Gasteiger partial charge in [0.05, 0.1) is 12.1 Å². The smallest absolute Gasteiger partial charge is 0.315 e. The molecule has 2 atom stereocenters. The van der Waals surface area contributed by atoms with Gasteiger partial charge in [0.1, 0.15) is 11.5 Å². The topological polar surface area (TPSA) is 98.6 Å². The van der Waals surface area contributed by atoms with Crippen LogP contribution in [-0.2, 0) is 10.7 Å². The molecule has 172 valence electrons. The zero-order valence-corrected chi connectivity index (χ0v) is 19.8. The van der Waals surface area contributed by atoms with Crippen LogP contribution < -0.4 is 5.32 Å². The van der Waals surface area contributed by atoms with E-state index in [2.05, 4.69) is 31.1 Å². The van der Waals surface area contributed by atoms with Crippen molar-refractivity contribution in [2.75, 3.05) is 6.54 Å². The Morgan fingerprint density at radius 3 is 2.52 bits per heavy atom. The molecule has 2 fully saturated rings. The van der Waals surface area contributed by atoms with Gasteiger partial charge in [-0.15, -0.1) is 11.3 Å². The molecule has 0 aliphatic carbocycles. The predicted octanol–water partition coefficient (Wildman–Crippen LogP) is 4.07. The largest absolute Gasteiger partial charge is 0.443 e. The lowest BCUT2D eigenvalue weighted by Crippen LogP contribution is -2.51. The second-order valence-corrected chi connectivity index (χ2v) is 14.8. The van der Waals surface area contributed by atoms with Crippen molar-refractivity contribution in [3.05, 3.63) is 16.1 Å². The number of hydroxylamine groups is 2. The molecule has 1 aromatic rings. The third-order valence-corrected chi connectivity index (χ3v) is 11.2. The number of halogens is 3. The van der Waals surface area contributed by atoms with Crippen LogP contribution in [0.5, 0.6) is 0 Å². The van der Waals surface area contributed by atoms with Crippen molar-refractivity contribution in [2.24, 2.45) is 0 Å². The lowest BCUT2D eigenvalue weighted by Gasteiger charge is -2.39. The molecule has 0 spiro atoms. The number of hydrogen-bond donors (Lipinski definition) is 2. The summed E-state index contributed by atoms with van der Waals surface area (Å²) in [5, 5.41) is 11.8. The van der Waals surface area contributed by atoms with Gasteiger partial charge in [-0.3, -0.25) is 10.2 Å². The summed E-state index contributed by atoms with van der Waals surface area (Å²) in [6.07, 6.45) is -3.60. The zero-order valence-electron chi connectivity index (χ0n) is 18.0. The van der Waals surface area contributed by atoms with Crippen LogP contribution in [0.15, 0.2) is 5.38 Å². The first-order chi connectivity index (χ1) is 14.1.